The molecule has 0 aliphatic carbocycles. The Morgan fingerprint density at radius 2 is 2.11 bits per heavy atom. The first-order valence-electron chi connectivity index (χ1n) is 8.31. The lowest BCUT2D eigenvalue weighted by Crippen LogP contribution is -2.19. The van der Waals surface area contributed by atoms with Crippen molar-refractivity contribution < 1.29 is 9.53 Å². The highest BCUT2D eigenvalue weighted by Crippen LogP contribution is 2.24. The quantitative estimate of drug-likeness (QED) is 0.363. The second-order valence-corrected chi connectivity index (χ2v) is 7.11. The zero-order valence-electron chi connectivity index (χ0n) is 15.3. The summed E-state index contributed by atoms with van der Waals surface area (Å²) in [6, 6.07) is 14.8. The number of hydrazone groups is 1. The molecule has 1 N–H and O–H groups in total. The molecular weight excluding hydrogens is 398 g/mol. The SMILES string of the molecule is COc1cccc(C=NNC(=O)CSc2nnc(-c3cccc(Cl)c3)n2C)c1. The number of benzene rings is 2. The van der Waals surface area contributed by atoms with E-state index in [1.807, 2.05) is 54.1 Å². The predicted octanol–water partition coefficient (Wildman–Crippen LogP) is 3.39. The highest BCUT2D eigenvalue weighted by Gasteiger charge is 2.13. The van der Waals surface area contributed by atoms with Crippen LogP contribution in [0.25, 0.3) is 11.4 Å². The number of carbonyl (C=O) groups is 1. The number of hydrogen-bond donors (Lipinski definition) is 1. The maximum absolute atomic E-state index is 12.0. The van der Waals surface area contributed by atoms with Crippen LogP contribution in [0.5, 0.6) is 5.75 Å². The van der Waals surface area contributed by atoms with Crippen LogP contribution in [0.1, 0.15) is 5.56 Å². The highest BCUT2D eigenvalue weighted by atomic mass is 35.5. The maximum Gasteiger partial charge on any atom is 0.250 e. The third-order valence-electron chi connectivity index (χ3n) is 3.75. The van der Waals surface area contributed by atoms with Crippen LogP contribution in [-0.2, 0) is 11.8 Å². The number of methoxy groups -OCH3 is 1. The van der Waals surface area contributed by atoms with Crippen LogP contribution >= 0.6 is 23.4 Å². The number of hydrogen-bond acceptors (Lipinski definition) is 6. The minimum Gasteiger partial charge on any atom is -0.497 e. The van der Waals surface area contributed by atoms with E-state index in [2.05, 4.69) is 20.7 Å². The van der Waals surface area contributed by atoms with Gasteiger partial charge in [-0.3, -0.25) is 4.79 Å². The smallest absolute Gasteiger partial charge is 0.250 e. The Labute approximate surface area is 171 Å². The van der Waals surface area contributed by atoms with Crippen LogP contribution < -0.4 is 10.2 Å². The number of carbonyl (C=O) groups excluding carboxylic acids is 1. The summed E-state index contributed by atoms with van der Waals surface area (Å²) in [5.41, 5.74) is 4.19. The third-order valence-corrected chi connectivity index (χ3v) is 5.00. The summed E-state index contributed by atoms with van der Waals surface area (Å²) in [6.45, 7) is 0. The molecule has 2 aromatic carbocycles. The van der Waals surface area contributed by atoms with Gasteiger partial charge in [-0.2, -0.15) is 5.10 Å². The van der Waals surface area contributed by atoms with Crippen LogP contribution in [0.4, 0.5) is 0 Å². The summed E-state index contributed by atoms with van der Waals surface area (Å²) in [5.74, 6) is 1.33. The molecule has 3 rings (SSSR count). The predicted molar refractivity (Wildman–Crippen MR) is 111 cm³/mol. The van der Waals surface area contributed by atoms with Crippen LogP contribution in [0.2, 0.25) is 5.02 Å². The summed E-state index contributed by atoms with van der Waals surface area (Å²) in [5, 5.41) is 13.5. The third kappa shape index (κ3) is 5.11. The Kier molecular flexibility index (Phi) is 6.67. The van der Waals surface area contributed by atoms with Crippen LogP contribution in [0.15, 0.2) is 58.8 Å². The molecule has 0 unspecified atom stereocenters. The van der Waals surface area contributed by atoms with Crippen molar-refractivity contribution in [3.05, 3.63) is 59.1 Å². The fourth-order valence-electron chi connectivity index (χ4n) is 2.38. The van der Waals surface area contributed by atoms with Crippen molar-refractivity contribution in [1.82, 2.24) is 20.2 Å². The topological polar surface area (TPSA) is 81.4 Å². The Bertz CT molecular complexity index is 1010. The lowest BCUT2D eigenvalue weighted by molar-refractivity contribution is -0.118. The van der Waals surface area contributed by atoms with Gasteiger partial charge in [-0.1, -0.05) is 47.6 Å². The molecule has 28 heavy (non-hydrogen) atoms. The summed E-state index contributed by atoms with van der Waals surface area (Å²) in [4.78, 5) is 12.0. The number of nitrogens with one attached hydrogen (secondary N) is 1. The largest absolute Gasteiger partial charge is 0.497 e. The van der Waals surface area contributed by atoms with E-state index in [9.17, 15) is 4.79 Å². The molecule has 0 radical (unpaired) electrons. The molecule has 144 valence electrons. The molecule has 0 fully saturated rings. The average molecular weight is 416 g/mol. The number of thioether (sulfide) groups is 1. The molecule has 9 heteroatoms. The van der Waals surface area contributed by atoms with E-state index in [0.717, 1.165) is 16.9 Å². The molecule has 0 bridgehead atoms. The Morgan fingerprint density at radius 1 is 1.29 bits per heavy atom. The summed E-state index contributed by atoms with van der Waals surface area (Å²) in [6.07, 6.45) is 1.56. The van der Waals surface area contributed by atoms with Gasteiger partial charge in [0.25, 0.3) is 5.91 Å². The molecule has 1 heterocycles. The molecule has 1 aromatic heterocycles. The van der Waals surface area contributed by atoms with Gasteiger partial charge in [-0.25, -0.2) is 5.43 Å². The van der Waals surface area contributed by atoms with Gasteiger partial charge >= 0.3 is 0 Å². The van der Waals surface area contributed by atoms with E-state index in [1.165, 1.54) is 11.8 Å². The summed E-state index contributed by atoms with van der Waals surface area (Å²) in [7, 11) is 3.44. The molecule has 0 saturated heterocycles. The van der Waals surface area contributed by atoms with Gasteiger partial charge in [0.05, 0.1) is 19.1 Å². The Hall–Kier alpha value is -2.84. The molecule has 0 spiro atoms. The van der Waals surface area contributed by atoms with Crippen LogP contribution in [0.3, 0.4) is 0 Å². The fraction of sp³-hybridized carbons (Fsp3) is 0.158. The number of rotatable bonds is 7. The number of amides is 1. The summed E-state index contributed by atoms with van der Waals surface area (Å²) < 4.78 is 6.97. The van der Waals surface area contributed by atoms with Crippen molar-refractivity contribution in [1.29, 1.82) is 0 Å². The van der Waals surface area contributed by atoms with Gasteiger partial charge in [-0.15, -0.1) is 10.2 Å². The minimum atomic E-state index is -0.239. The van der Waals surface area contributed by atoms with E-state index >= 15 is 0 Å². The van der Waals surface area contributed by atoms with E-state index in [-0.39, 0.29) is 11.7 Å². The number of ether oxygens (including phenoxy) is 1. The first kappa shape index (κ1) is 19.9. The molecular formula is C19H18ClN5O2S. The molecule has 0 atom stereocenters. The second-order valence-electron chi connectivity index (χ2n) is 5.73. The van der Waals surface area contributed by atoms with Crippen molar-refractivity contribution in [2.75, 3.05) is 12.9 Å². The van der Waals surface area contributed by atoms with Crippen LogP contribution in [-0.4, -0.2) is 39.7 Å². The van der Waals surface area contributed by atoms with Crippen molar-refractivity contribution in [3.63, 3.8) is 0 Å². The average Bonchev–Trinajstić information content (AvgIpc) is 3.07. The van der Waals surface area contributed by atoms with E-state index in [4.69, 9.17) is 16.3 Å². The number of halogens is 1. The first-order valence-corrected chi connectivity index (χ1v) is 9.67. The molecule has 0 aliphatic heterocycles. The van der Waals surface area contributed by atoms with E-state index < -0.39 is 0 Å². The molecule has 0 aliphatic rings. The van der Waals surface area contributed by atoms with Crippen molar-refractivity contribution in [2.45, 2.75) is 5.16 Å². The van der Waals surface area contributed by atoms with Gasteiger partial charge in [0, 0.05) is 17.6 Å². The Balaban J connectivity index is 1.55. The van der Waals surface area contributed by atoms with Crippen molar-refractivity contribution >= 4 is 35.5 Å². The van der Waals surface area contributed by atoms with E-state index in [1.54, 1.807) is 19.4 Å². The monoisotopic (exact) mass is 415 g/mol. The lowest BCUT2D eigenvalue weighted by Gasteiger charge is -2.04. The van der Waals surface area contributed by atoms with Gasteiger partial charge < -0.3 is 9.30 Å². The first-order chi connectivity index (χ1) is 13.6. The standard InChI is InChI=1S/C19H18ClN5O2S/c1-25-18(14-6-4-7-15(20)10-14)23-24-19(25)28-12-17(26)22-21-11-13-5-3-8-16(9-13)27-2/h3-11H,12H2,1-2H3,(H,22,26). The fourth-order valence-corrected chi connectivity index (χ4v) is 3.28. The highest BCUT2D eigenvalue weighted by molar-refractivity contribution is 7.99. The molecule has 1 amide bonds. The maximum atomic E-state index is 12.0. The van der Waals surface area contributed by atoms with Gasteiger partial charge in [-0.05, 0) is 29.8 Å². The lowest BCUT2D eigenvalue weighted by atomic mass is 10.2. The Morgan fingerprint density at radius 3 is 2.89 bits per heavy atom. The summed E-state index contributed by atoms with van der Waals surface area (Å²) >= 11 is 7.31. The minimum absolute atomic E-state index is 0.164. The van der Waals surface area contributed by atoms with Gasteiger partial charge in [0.15, 0.2) is 11.0 Å². The molecule has 7 nitrogen and oxygen atoms in total. The zero-order chi connectivity index (χ0) is 19.9. The van der Waals surface area contributed by atoms with Crippen molar-refractivity contribution in [3.8, 4) is 17.1 Å². The second kappa shape index (κ2) is 9.38. The number of nitrogens with zero attached hydrogens (tertiary/aromatic N) is 4. The van der Waals surface area contributed by atoms with Crippen LogP contribution in [0, 0.1) is 0 Å². The van der Waals surface area contributed by atoms with Gasteiger partial charge in [0.1, 0.15) is 5.75 Å². The molecule has 3 aromatic rings. The van der Waals surface area contributed by atoms with Crippen molar-refractivity contribution in [2.24, 2.45) is 12.1 Å². The normalized spacial score (nSPS) is 11.0. The zero-order valence-corrected chi connectivity index (χ0v) is 16.9. The van der Waals surface area contributed by atoms with E-state index in [0.29, 0.717) is 16.0 Å². The number of aromatic nitrogens is 3. The van der Waals surface area contributed by atoms with Gasteiger partial charge in [0.2, 0.25) is 0 Å². The molecule has 0 saturated carbocycles.